The number of Topliss-reactive ketones (excluding diaryl/α,β-unsaturated/α-hetero) is 1. The van der Waals surface area contributed by atoms with Crippen molar-refractivity contribution in [1.29, 1.82) is 0 Å². The lowest BCUT2D eigenvalue weighted by Gasteiger charge is -2.20. The summed E-state index contributed by atoms with van der Waals surface area (Å²) in [5.74, 6) is -3.31. The van der Waals surface area contributed by atoms with E-state index < -0.39 is 29.6 Å². The summed E-state index contributed by atoms with van der Waals surface area (Å²) < 4.78 is 0. The Morgan fingerprint density at radius 1 is 1.11 bits per heavy atom. The number of rotatable bonds is 14. The van der Waals surface area contributed by atoms with Crippen molar-refractivity contribution in [2.24, 2.45) is 11.7 Å². The number of ketones is 1. The lowest BCUT2D eigenvalue weighted by Crippen LogP contribution is -2.43. The molecule has 2 heterocycles. The molecular weight excluding hydrogens is 468 g/mol. The maximum Gasteiger partial charge on any atom is 0.303 e. The first-order valence-electron chi connectivity index (χ1n) is 11.2. The molecular formula is C25H28N4O5S. The molecule has 3 rings (SSSR count). The molecule has 0 spiro atoms. The normalized spacial score (nSPS) is 12.6. The van der Waals surface area contributed by atoms with Gasteiger partial charge in [-0.25, -0.2) is 4.98 Å². The number of aryl methyl sites for hydroxylation is 1. The Balaban J connectivity index is 1.57. The van der Waals surface area contributed by atoms with Crippen molar-refractivity contribution < 1.29 is 24.3 Å². The molecule has 0 saturated carbocycles. The van der Waals surface area contributed by atoms with Crippen LogP contribution in [0.5, 0.6) is 0 Å². The van der Waals surface area contributed by atoms with Crippen molar-refractivity contribution in [1.82, 2.24) is 15.3 Å². The smallest absolute Gasteiger partial charge is 0.303 e. The predicted octanol–water partition coefficient (Wildman–Crippen LogP) is 2.72. The average Bonchev–Trinajstić information content (AvgIpc) is 3.54. The summed E-state index contributed by atoms with van der Waals surface area (Å²) in [6.07, 6.45) is 3.25. The number of amides is 2. The van der Waals surface area contributed by atoms with Crippen molar-refractivity contribution in [3.05, 3.63) is 65.6 Å². The molecule has 0 fully saturated rings. The number of H-pyrrole nitrogens is 1. The number of aromatic nitrogens is 2. The number of nitrogens with two attached hydrogens (primary N) is 1. The number of imidazole rings is 1. The van der Waals surface area contributed by atoms with E-state index in [4.69, 9.17) is 10.8 Å². The van der Waals surface area contributed by atoms with Crippen LogP contribution in [0.15, 0.2) is 54.3 Å². The molecule has 5 N–H and O–H groups in total. The highest BCUT2D eigenvalue weighted by Gasteiger charge is 2.27. The van der Waals surface area contributed by atoms with Gasteiger partial charge in [0, 0.05) is 42.5 Å². The van der Waals surface area contributed by atoms with Gasteiger partial charge in [0.05, 0.1) is 18.3 Å². The summed E-state index contributed by atoms with van der Waals surface area (Å²) in [7, 11) is 0. The molecule has 2 aromatic heterocycles. The minimum atomic E-state index is -1.08. The highest BCUT2D eigenvalue weighted by Crippen LogP contribution is 2.25. The van der Waals surface area contributed by atoms with E-state index >= 15 is 0 Å². The molecule has 0 aliphatic rings. The maximum atomic E-state index is 12.9. The zero-order chi connectivity index (χ0) is 25.2. The van der Waals surface area contributed by atoms with Crippen molar-refractivity contribution >= 4 is 34.9 Å². The quantitative estimate of drug-likeness (QED) is 0.269. The second-order valence-electron chi connectivity index (χ2n) is 8.28. The highest BCUT2D eigenvalue weighted by atomic mass is 32.1. The Bertz CT molecular complexity index is 1130. The number of aromatic amines is 1. The monoisotopic (exact) mass is 496 g/mol. The van der Waals surface area contributed by atoms with Crippen LogP contribution in [-0.4, -0.2) is 44.7 Å². The molecule has 2 atom stereocenters. The van der Waals surface area contributed by atoms with Gasteiger partial charge in [-0.1, -0.05) is 30.3 Å². The molecule has 9 nitrogen and oxygen atoms in total. The maximum absolute atomic E-state index is 12.9. The Labute approximate surface area is 206 Å². The van der Waals surface area contributed by atoms with Gasteiger partial charge in [-0.05, 0) is 35.4 Å². The number of hydrogen-bond acceptors (Lipinski definition) is 6. The standard InChI is InChI=1S/C25H28N4O5S/c26-25(34)18(12-19-14-27-15-28-19)13-21(30)20(8-10-24(32)33)29-23(31)9-5-16-3-6-17(7-4-16)22-2-1-11-35-22/h1-4,6-7,11,14-15,18,20H,5,8-10,12-13H2,(H2,26,34)(H,27,28)(H,29,31)(H,32,33)/t18?,20-/m0/s1. The van der Waals surface area contributed by atoms with E-state index in [0.29, 0.717) is 12.1 Å². The summed E-state index contributed by atoms with van der Waals surface area (Å²) in [4.78, 5) is 56.4. The lowest BCUT2D eigenvalue weighted by molar-refractivity contribution is -0.138. The Morgan fingerprint density at radius 3 is 2.49 bits per heavy atom. The van der Waals surface area contributed by atoms with Crippen LogP contribution in [0.25, 0.3) is 10.4 Å². The van der Waals surface area contributed by atoms with Gasteiger partial charge in [-0.2, -0.15) is 0 Å². The molecule has 1 aromatic carbocycles. The number of carboxylic acids is 1. The molecule has 10 heteroatoms. The van der Waals surface area contributed by atoms with Crippen LogP contribution in [0.1, 0.15) is 36.9 Å². The Kier molecular flexibility index (Phi) is 9.31. The topological polar surface area (TPSA) is 155 Å². The van der Waals surface area contributed by atoms with Gasteiger partial charge >= 0.3 is 5.97 Å². The number of hydrogen-bond donors (Lipinski definition) is 4. The fraction of sp³-hybridized carbons (Fsp3) is 0.320. The number of carbonyl (C=O) groups excluding carboxylic acids is 3. The number of nitrogens with one attached hydrogen (secondary N) is 2. The van der Waals surface area contributed by atoms with Crippen molar-refractivity contribution in [3.63, 3.8) is 0 Å². The summed E-state index contributed by atoms with van der Waals surface area (Å²) in [6.45, 7) is 0. The summed E-state index contributed by atoms with van der Waals surface area (Å²) in [5, 5.41) is 13.7. The van der Waals surface area contributed by atoms with Crippen molar-refractivity contribution in [2.45, 2.75) is 44.6 Å². The fourth-order valence-corrected chi connectivity index (χ4v) is 4.44. The van der Waals surface area contributed by atoms with E-state index in [0.717, 1.165) is 16.0 Å². The molecule has 0 aliphatic carbocycles. The number of nitrogens with zero attached hydrogens (tertiary/aromatic N) is 1. The first-order valence-corrected chi connectivity index (χ1v) is 12.1. The average molecular weight is 497 g/mol. The van der Waals surface area contributed by atoms with Crippen LogP contribution in [-0.2, 0) is 32.0 Å². The first-order chi connectivity index (χ1) is 16.8. The molecule has 0 radical (unpaired) electrons. The van der Waals surface area contributed by atoms with E-state index in [9.17, 15) is 19.2 Å². The number of carboxylic acid groups (broad SMARTS) is 1. The van der Waals surface area contributed by atoms with Crippen LogP contribution in [0.2, 0.25) is 0 Å². The zero-order valence-corrected chi connectivity index (χ0v) is 19.9. The van der Waals surface area contributed by atoms with Crippen molar-refractivity contribution in [2.75, 3.05) is 0 Å². The minimum absolute atomic E-state index is 0.0645. The van der Waals surface area contributed by atoms with E-state index in [-0.39, 0.29) is 38.0 Å². The van der Waals surface area contributed by atoms with Crippen LogP contribution in [0.4, 0.5) is 0 Å². The van der Waals surface area contributed by atoms with Gasteiger partial charge in [0.2, 0.25) is 11.8 Å². The van der Waals surface area contributed by atoms with Crippen LogP contribution in [0.3, 0.4) is 0 Å². The SMILES string of the molecule is NC(=O)C(CC(=O)[C@H](CCC(=O)O)NC(=O)CCc1ccc(-c2cccs2)cc1)Cc1cnc[nH]1. The number of benzene rings is 1. The zero-order valence-electron chi connectivity index (χ0n) is 19.1. The molecule has 35 heavy (non-hydrogen) atoms. The van der Waals surface area contributed by atoms with Gasteiger partial charge in [0.1, 0.15) is 0 Å². The molecule has 2 amide bonds. The second-order valence-corrected chi connectivity index (χ2v) is 9.23. The molecule has 3 aromatic rings. The van der Waals surface area contributed by atoms with Gasteiger partial charge in [0.25, 0.3) is 0 Å². The van der Waals surface area contributed by atoms with Gasteiger partial charge in [0.15, 0.2) is 5.78 Å². The van der Waals surface area contributed by atoms with E-state index in [1.165, 1.54) is 12.5 Å². The van der Waals surface area contributed by atoms with E-state index in [1.54, 1.807) is 11.3 Å². The van der Waals surface area contributed by atoms with Crippen molar-refractivity contribution in [3.8, 4) is 10.4 Å². The Morgan fingerprint density at radius 2 is 1.89 bits per heavy atom. The minimum Gasteiger partial charge on any atom is -0.481 e. The third-order valence-electron chi connectivity index (χ3n) is 5.64. The second kappa shape index (κ2) is 12.6. The van der Waals surface area contributed by atoms with Gasteiger partial charge in [-0.3, -0.25) is 19.2 Å². The third-order valence-corrected chi connectivity index (χ3v) is 6.56. The third kappa shape index (κ3) is 8.18. The summed E-state index contributed by atoms with van der Waals surface area (Å²) in [5.41, 5.74) is 8.20. The molecule has 1 unspecified atom stereocenters. The number of primary amides is 1. The first kappa shape index (κ1) is 25.8. The molecule has 184 valence electrons. The fourth-order valence-electron chi connectivity index (χ4n) is 3.70. The summed E-state index contributed by atoms with van der Waals surface area (Å²) in [6, 6.07) is 10.9. The Hall–Kier alpha value is -3.79. The lowest BCUT2D eigenvalue weighted by atomic mass is 9.92. The van der Waals surface area contributed by atoms with E-state index in [1.807, 2.05) is 41.8 Å². The van der Waals surface area contributed by atoms with E-state index in [2.05, 4.69) is 15.3 Å². The summed E-state index contributed by atoms with van der Waals surface area (Å²) >= 11 is 1.65. The highest BCUT2D eigenvalue weighted by molar-refractivity contribution is 7.13. The predicted molar refractivity (Wildman–Crippen MR) is 131 cm³/mol. The van der Waals surface area contributed by atoms with Gasteiger partial charge < -0.3 is 21.1 Å². The van der Waals surface area contributed by atoms with Crippen LogP contribution < -0.4 is 11.1 Å². The van der Waals surface area contributed by atoms with Crippen LogP contribution in [0, 0.1) is 5.92 Å². The van der Waals surface area contributed by atoms with Crippen LogP contribution >= 0.6 is 11.3 Å². The molecule has 0 aliphatic heterocycles. The number of aliphatic carboxylic acids is 1. The van der Waals surface area contributed by atoms with Gasteiger partial charge in [-0.15, -0.1) is 11.3 Å². The number of thiophene rings is 1. The largest absolute Gasteiger partial charge is 0.481 e. The molecule has 0 bridgehead atoms. The number of carbonyl (C=O) groups is 4. The molecule has 0 saturated heterocycles.